The van der Waals surface area contributed by atoms with Gasteiger partial charge in [0, 0.05) is 0 Å². The highest BCUT2D eigenvalue weighted by Gasteiger charge is 2.20. The van der Waals surface area contributed by atoms with Crippen molar-refractivity contribution in [2.24, 2.45) is 5.73 Å². The fourth-order valence-corrected chi connectivity index (χ4v) is 1.42. The van der Waals surface area contributed by atoms with E-state index in [4.69, 9.17) is 20.8 Å². The highest BCUT2D eigenvalue weighted by molar-refractivity contribution is 5.98. The number of aliphatic carboxylic acids is 1. The molecule has 1 amide bonds. The number of carbonyl (C=O) groups excluding carboxylic acids is 1. The van der Waals surface area contributed by atoms with Crippen molar-refractivity contribution in [2.45, 2.75) is 12.5 Å². The molecule has 1 rings (SSSR count). The number of nitriles is 1. The lowest BCUT2D eigenvalue weighted by Crippen LogP contribution is -2.37. The third-order valence-electron chi connectivity index (χ3n) is 2.35. The van der Waals surface area contributed by atoms with Crippen LogP contribution in [0.15, 0.2) is 18.2 Å². The van der Waals surface area contributed by atoms with Crippen molar-refractivity contribution >= 4 is 17.6 Å². The highest BCUT2D eigenvalue weighted by atomic mass is 16.5. The van der Waals surface area contributed by atoms with Crippen LogP contribution in [0.4, 0.5) is 5.69 Å². The summed E-state index contributed by atoms with van der Waals surface area (Å²) in [5.74, 6) is -1.57. The third kappa shape index (κ3) is 3.69. The summed E-state index contributed by atoms with van der Waals surface area (Å²) in [6.45, 7) is 0. The zero-order valence-electron chi connectivity index (χ0n) is 10.2. The van der Waals surface area contributed by atoms with Crippen LogP contribution in [0, 0.1) is 11.3 Å². The number of ether oxygens (including phenoxy) is 1. The van der Waals surface area contributed by atoms with E-state index in [9.17, 15) is 9.59 Å². The van der Waals surface area contributed by atoms with E-state index >= 15 is 0 Å². The SMILES string of the molecule is COc1cccc(C#N)c1NC(=O)C(N)CC(=O)O. The normalized spacial score (nSPS) is 11.2. The van der Waals surface area contributed by atoms with E-state index in [0.717, 1.165) is 0 Å². The van der Waals surface area contributed by atoms with Gasteiger partial charge in [-0.05, 0) is 12.1 Å². The fraction of sp³-hybridized carbons (Fsp3) is 0.250. The molecule has 19 heavy (non-hydrogen) atoms. The molecule has 0 heterocycles. The van der Waals surface area contributed by atoms with Gasteiger partial charge in [0.2, 0.25) is 5.91 Å². The summed E-state index contributed by atoms with van der Waals surface area (Å²) in [7, 11) is 1.39. The third-order valence-corrected chi connectivity index (χ3v) is 2.35. The van der Waals surface area contributed by atoms with Crippen LogP contribution >= 0.6 is 0 Å². The monoisotopic (exact) mass is 263 g/mol. The standard InChI is InChI=1S/C12H13N3O4/c1-19-9-4-2-3-7(6-13)11(9)15-12(18)8(14)5-10(16)17/h2-4,8H,5,14H2,1H3,(H,15,18)(H,16,17). The van der Waals surface area contributed by atoms with Gasteiger partial charge < -0.3 is 20.9 Å². The maximum Gasteiger partial charge on any atom is 0.305 e. The number of anilines is 1. The van der Waals surface area contributed by atoms with E-state index in [1.54, 1.807) is 12.1 Å². The highest BCUT2D eigenvalue weighted by Crippen LogP contribution is 2.27. The first-order chi connectivity index (χ1) is 8.99. The zero-order chi connectivity index (χ0) is 14.4. The van der Waals surface area contributed by atoms with Gasteiger partial charge in [-0.1, -0.05) is 6.07 Å². The van der Waals surface area contributed by atoms with Gasteiger partial charge in [0.15, 0.2) is 0 Å². The van der Waals surface area contributed by atoms with Crippen LogP contribution < -0.4 is 15.8 Å². The molecule has 7 nitrogen and oxygen atoms in total. The number of methoxy groups -OCH3 is 1. The van der Waals surface area contributed by atoms with Gasteiger partial charge >= 0.3 is 5.97 Å². The van der Waals surface area contributed by atoms with Crippen molar-refractivity contribution in [2.75, 3.05) is 12.4 Å². The second kappa shape index (κ2) is 6.37. The number of carboxylic acids is 1. The minimum absolute atomic E-state index is 0.179. The maximum absolute atomic E-state index is 11.7. The number of amides is 1. The summed E-state index contributed by atoms with van der Waals surface area (Å²) in [5.41, 5.74) is 5.82. The molecule has 0 aromatic heterocycles. The Kier molecular flexibility index (Phi) is 4.85. The van der Waals surface area contributed by atoms with E-state index in [2.05, 4.69) is 5.32 Å². The second-order valence-corrected chi connectivity index (χ2v) is 3.69. The molecule has 0 saturated heterocycles. The summed E-state index contributed by atoms with van der Waals surface area (Å²) in [5, 5.41) is 19.9. The molecule has 1 aromatic rings. The average Bonchev–Trinajstić information content (AvgIpc) is 2.37. The molecule has 0 aliphatic carbocycles. The van der Waals surface area contributed by atoms with Gasteiger partial charge in [-0.25, -0.2) is 0 Å². The van der Waals surface area contributed by atoms with Crippen LogP contribution in [0.2, 0.25) is 0 Å². The number of para-hydroxylation sites is 1. The maximum atomic E-state index is 11.7. The van der Waals surface area contributed by atoms with Crippen molar-refractivity contribution in [3.05, 3.63) is 23.8 Å². The molecule has 0 aliphatic rings. The number of carboxylic acid groups (broad SMARTS) is 1. The predicted molar refractivity (Wildman–Crippen MR) is 66.6 cm³/mol. The number of nitrogens with two attached hydrogens (primary N) is 1. The first kappa shape index (κ1) is 14.5. The zero-order valence-corrected chi connectivity index (χ0v) is 10.2. The van der Waals surface area contributed by atoms with Crippen molar-refractivity contribution in [1.82, 2.24) is 0 Å². The molecule has 1 aromatic carbocycles. The van der Waals surface area contributed by atoms with Crippen molar-refractivity contribution in [1.29, 1.82) is 5.26 Å². The predicted octanol–water partition coefficient (Wildman–Crippen LogP) is 0.307. The second-order valence-electron chi connectivity index (χ2n) is 3.69. The fourth-order valence-electron chi connectivity index (χ4n) is 1.42. The van der Waals surface area contributed by atoms with Crippen LogP contribution in [-0.2, 0) is 9.59 Å². The van der Waals surface area contributed by atoms with E-state index in [-0.39, 0.29) is 11.3 Å². The number of hydrogen-bond acceptors (Lipinski definition) is 5. The molecule has 1 atom stereocenters. The van der Waals surface area contributed by atoms with E-state index in [1.165, 1.54) is 13.2 Å². The number of nitrogens with zero attached hydrogens (tertiary/aromatic N) is 1. The lowest BCUT2D eigenvalue weighted by Gasteiger charge is -2.14. The smallest absolute Gasteiger partial charge is 0.305 e. The Bertz CT molecular complexity index is 536. The van der Waals surface area contributed by atoms with Gasteiger partial charge in [-0.15, -0.1) is 0 Å². The molecule has 1 unspecified atom stereocenters. The molecule has 100 valence electrons. The van der Waals surface area contributed by atoms with Gasteiger partial charge in [0.1, 0.15) is 17.5 Å². The molecule has 7 heteroatoms. The molecule has 0 aliphatic heterocycles. The Balaban J connectivity index is 2.96. The van der Waals surface area contributed by atoms with Crippen molar-refractivity contribution in [3.8, 4) is 11.8 Å². The molecule has 0 bridgehead atoms. The molecule has 0 fully saturated rings. The van der Waals surface area contributed by atoms with Crippen LogP contribution in [0.25, 0.3) is 0 Å². The molecule has 0 spiro atoms. The van der Waals surface area contributed by atoms with Crippen LogP contribution in [0.3, 0.4) is 0 Å². The Morgan fingerprint density at radius 3 is 2.79 bits per heavy atom. The van der Waals surface area contributed by atoms with Gasteiger partial charge in [0.25, 0.3) is 0 Å². The molecule has 0 radical (unpaired) electrons. The summed E-state index contributed by atoms with van der Waals surface area (Å²) < 4.78 is 5.03. The van der Waals surface area contributed by atoms with E-state index in [0.29, 0.717) is 5.75 Å². The van der Waals surface area contributed by atoms with Crippen molar-refractivity contribution in [3.63, 3.8) is 0 Å². The Hall–Kier alpha value is -2.59. The molecule has 0 saturated carbocycles. The molecular weight excluding hydrogens is 250 g/mol. The Labute approximate surface area is 109 Å². The summed E-state index contributed by atoms with van der Waals surface area (Å²) in [4.78, 5) is 22.2. The minimum Gasteiger partial charge on any atom is -0.495 e. The first-order valence-corrected chi connectivity index (χ1v) is 5.35. The lowest BCUT2D eigenvalue weighted by molar-refractivity contribution is -0.138. The molecular formula is C12H13N3O4. The summed E-state index contributed by atoms with van der Waals surface area (Å²) in [6.07, 6.45) is -0.497. The number of nitrogens with one attached hydrogen (secondary N) is 1. The number of rotatable bonds is 5. The number of benzene rings is 1. The Morgan fingerprint density at radius 2 is 2.26 bits per heavy atom. The Morgan fingerprint density at radius 1 is 1.58 bits per heavy atom. The first-order valence-electron chi connectivity index (χ1n) is 5.35. The average molecular weight is 263 g/mol. The summed E-state index contributed by atoms with van der Waals surface area (Å²) in [6, 6.07) is 5.37. The van der Waals surface area contributed by atoms with Crippen LogP contribution in [0.1, 0.15) is 12.0 Å². The van der Waals surface area contributed by atoms with Crippen LogP contribution in [-0.4, -0.2) is 30.1 Å². The number of carbonyl (C=O) groups is 2. The lowest BCUT2D eigenvalue weighted by atomic mass is 10.1. The minimum atomic E-state index is -1.20. The van der Waals surface area contributed by atoms with Gasteiger partial charge in [-0.3, -0.25) is 9.59 Å². The topological polar surface area (TPSA) is 125 Å². The van der Waals surface area contributed by atoms with Crippen LogP contribution in [0.5, 0.6) is 5.75 Å². The largest absolute Gasteiger partial charge is 0.495 e. The van der Waals surface area contributed by atoms with Crippen molar-refractivity contribution < 1.29 is 19.4 Å². The summed E-state index contributed by atoms with van der Waals surface area (Å²) >= 11 is 0. The quantitative estimate of drug-likeness (QED) is 0.701. The molecule has 4 N–H and O–H groups in total. The van der Waals surface area contributed by atoms with E-state index < -0.39 is 24.3 Å². The van der Waals surface area contributed by atoms with E-state index in [1.807, 2.05) is 6.07 Å². The van der Waals surface area contributed by atoms with Gasteiger partial charge in [-0.2, -0.15) is 5.26 Å². The van der Waals surface area contributed by atoms with Gasteiger partial charge in [0.05, 0.1) is 25.1 Å². The number of hydrogen-bond donors (Lipinski definition) is 3.